The molecule has 0 atom stereocenters. The molecule has 1 fully saturated rings. The summed E-state index contributed by atoms with van der Waals surface area (Å²) >= 11 is 2.12. The van der Waals surface area contributed by atoms with Gasteiger partial charge in [-0.05, 0) is 46.6 Å². The van der Waals surface area contributed by atoms with Crippen molar-refractivity contribution < 1.29 is 9.59 Å². The Morgan fingerprint density at radius 1 is 1.30 bits per heavy atom. The second-order valence-electron chi connectivity index (χ2n) is 5.83. The molecule has 20 heavy (non-hydrogen) atoms. The summed E-state index contributed by atoms with van der Waals surface area (Å²) in [6, 6.07) is 7.33. The molecule has 106 valence electrons. The van der Waals surface area contributed by atoms with Gasteiger partial charge in [0.2, 0.25) is 0 Å². The molecule has 1 aromatic carbocycles. The Balaban J connectivity index is 2.08. The van der Waals surface area contributed by atoms with Crippen LogP contribution in [0.4, 0.5) is 0 Å². The maximum Gasteiger partial charge on any atom is 0.272 e. The highest BCUT2D eigenvalue weighted by Crippen LogP contribution is 2.31. The van der Waals surface area contributed by atoms with E-state index in [0.29, 0.717) is 18.4 Å². The molecule has 1 aliphatic carbocycles. The van der Waals surface area contributed by atoms with Gasteiger partial charge in [-0.25, -0.2) is 5.43 Å². The molecule has 0 saturated heterocycles. The average Bonchev–Trinajstić information content (AvgIpc) is 2.34. The van der Waals surface area contributed by atoms with Gasteiger partial charge in [-0.15, -0.1) is 0 Å². The lowest BCUT2D eigenvalue weighted by atomic mass is 9.76. The molecule has 0 radical (unpaired) electrons. The maximum absolute atomic E-state index is 12.0. The molecule has 0 spiro atoms. The van der Waals surface area contributed by atoms with Gasteiger partial charge in [0.1, 0.15) is 5.78 Å². The van der Waals surface area contributed by atoms with E-state index in [4.69, 9.17) is 0 Å². The molecule has 0 unspecified atom stereocenters. The van der Waals surface area contributed by atoms with Gasteiger partial charge in [0.05, 0.1) is 5.56 Å². The van der Waals surface area contributed by atoms with Crippen LogP contribution in [0.2, 0.25) is 0 Å². The number of halogens is 1. The Bertz CT molecular complexity index is 579. The fraction of sp³-hybridized carbons (Fsp3) is 0.400. The molecule has 4 nitrogen and oxygen atoms in total. The quantitative estimate of drug-likeness (QED) is 0.629. The SMILES string of the molecule is CC1(C)CC(=O)CC(=NNC(=O)c2ccccc2I)C1. The third-order valence-corrected chi connectivity index (χ3v) is 4.13. The van der Waals surface area contributed by atoms with Crippen molar-refractivity contribution in [2.24, 2.45) is 10.5 Å². The fourth-order valence-corrected chi connectivity index (χ4v) is 3.05. The molecule has 0 bridgehead atoms. The molecule has 1 saturated carbocycles. The third-order valence-electron chi connectivity index (χ3n) is 3.19. The molecule has 5 heteroatoms. The van der Waals surface area contributed by atoms with Crippen LogP contribution in [0.25, 0.3) is 0 Å². The van der Waals surface area contributed by atoms with Crippen LogP contribution >= 0.6 is 22.6 Å². The van der Waals surface area contributed by atoms with Crippen LogP contribution in [0.5, 0.6) is 0 Å². The lowest BCUT2D eigenvalue weighted by Gasteiger charge is -2.29. The summed E-state index contributed by atoms with van der Waals surface area (Å²) in [7, 11) is 0. The van der Waals surface area contributed by atoms with Gasteiger partial charge in [0.25, 0.3) is 5.91 Å². The zero-order valence-electron chi connectivity index (χ0n) is 11.6. The zero-order valence-corrected chi connectivity index (χ0v) is 13.7. The standard InChI is InChI=1S/C15H17IN2O2/c1-15(2)8-10(7-11(19)9-15)17-18-14(20)12-5-3-4-6-13(12)16/h3-6H,7-9H2,1-2H3,(H,18,20). The van der Waals surface area contributed by atoms with E-state index in [1.54, 1.807) is 6.07 Å². The normalized spacial score (nSPS) is 19.9. The van der Waals surface area contributed by atoms with Crippen LogP contribution < -0.4 is 5.43 Å². The molecule has 1 aromatic rings. The van der Waals surface area contributed by atoms with Gasteiger partial charge in [-0.3, -0.25) is 9.59 Å². The summed E-state index contributed by atoms with van der Waals surface area (Å²) in [5.41, 5.74) is 3.84. The van der Waals surface area contributed by atoms with Crippen molar-refractivity contribution in [1.82, 2.24) is 5.43 Å². The van der Waals surface area contributed by atoms with Gasteiger partial charge in [0, 0.05) is 22.1 Å². The van der Waals surface area contributed by atoms with Crippen molar-refractivity contribution in [3.05, 3.63) is 33.4 Å². The lowest BCUT2D eigenvalue weighted by molar-refractivity contribution is -0.120. The summed E-state index contributed by atoms with van der Waals surface area (Å²) in [5.74, 6) is -0.0538. The van der Waals surface area contributed by atoms with Crippen molar-refractivity contribution in [1.29, 1.82) is 0 Å². The van der Waals surface area contributed by atoms with E-state index < -0.39 is 0 Å². The Morgan fingerprint density at radius 2 is 2.00 bits per heavy atom. The summed E-state index contributed by atoms with van der Waals surface area (Å²) < 4.78 is 0.878. The number of hydrogen-bond donors (Lipinski definition) is 1. The van der Waals surface area contributed by atoms with Crippen molar-refractivity contribution >= 4 is 40.0 Å². The van der Waals surface area contributed by atoms with Gasteiger partial charge >= 0.3 is 0 Å². The lowest BCUT2D eigenvalue weighted by Crippen LogP contribution is -2.31. The minimum Gasteiger partial charge on any atom is -0.299 e. The molecule has 1 aliphatic rings. The molecular weight excluding hydrogens is 367 g/mol. The van der Waals surface area contributed by atoms with Gasteiger partial charge < -0.3 is 0 Å². The van der Waals surface area contributed by atoms with Crippen molar-refractivity contribution in [3.63, 3.8) is 0 Å². The minimum atomic E-state index is -0.238. The first-order valence-corrected chi connectivity index (χ1v) is 7.57. The van der Waals surface area contributed by atoms with Crippen LogP contribution in [0, 0.1) is 8.99 Å². The number of hydrogen-bond acceptors (Lipinski definition) is 3. The Morgan fingerprint density at radius 3 is 2.65 bits per heavy atom. The highest BCUT2D eigenvalue weighted by atomic mass is 127. The number of nitrogens with one attached hydrogen (secondary N) is 1. The molecule has 0 aromatic heterocycles. The Hall–Kier alpha value is -1.24. The van der Waals surface area contributed by atoms with Crippen LogP contribution in [-0.4, -0.2) is 17.4 Å². The van der Waals surface area contributed by atoms with E-state index in [1.165, 1.54) is 0 Å². The number of hydrazone groups is 1. The van der Waals surface area contributed by atoms with Gasteiger partial charge in [-0.2, -0.15) is 5.10 Å². The molecule has 2 rings (SSSR count). The van der Waals surface area contributed by atoms with Crippen molar-refractivity contribution in [2.45, 2.75) is 33.1 Å². The Kier molecular flexibility index (Phi) is 4.57. The smallest absolute Gasteiger partial charge is 0.272 e. The van der Waals surface area contributed by atoms with Crippen molar-refractivity contribution in [3.8, 4) is 0 Å². The third kappa shape index (κ3) is 3.88. The van der Waals surface area contributed by atoms with Crippen LogP contribution in [0.15, 0.2) is 29.4 Å². The number of carbonyl (C=O) groups is 2. The summed E-state index contributed by atoms with van der Waals surface area (Å²) in [4.78, 5) is 23.7. The van der Waals surface area contributed by atoms with Crippen LogP contribution in [-0.2, 0) is 4.79 Å². The number of amides is 1. The number of nitrogens with zero attached hydrogens (tertiary/aromatic N) is 1. The second-order valence-corrected chi connectivity index (χ2v) is 6.99. The highest BCUT2D eigenvalue weighted by molar-refractivity contribution is 14.1. The maximum atomic E-state index is 12.0. The van der Waals surface area contributed by atoms with E-state index in [1.807, 2.05) is 32.0 Å². The zero-order chi connectivity index (χ0) is 14.8. The molecule has 0 heterocycles. The van der Waals surface area contributed by atoms with E-state index >= 15 is 0 Å². The number of ketones is 1. The Labute approximate surface area is 132 Å². The van der Waals surface area contributed by atoms with Gasteiger partial charge in [-0.1, -0.05) is 26.0 Å². The highest BCUT2D eigenvalue weighted by Gasteiger charge is 2.30. The van der Waals surface area contributed by atoms with E-state index in [0.717, 1.165) is 15.7 Å². The van der Waals surface area contributed by atoms with E-state index in [9.17, 15) is 9.59 Å². The first-order valence-electron chi connectivity index (χ1n) is 6.49. The summed E-state index contributed by atoms with van der Waals surface area (Å²) in [6.45, 7) is 4.09. The molecule has 0 aliphatic heterocycles. The second kappa shape index (κ2) is 6.03. The van der Waals surface area contributed by atoms with Gasteiger partial charge in [0.15, 0.2) is 0 Å². The minimum absolute atomic E-state index is 0.0694. The van der Waals surface area contributed by atoms with E-state index in [-0.39, 0.29) is 17.1 Å². The summed E-state index contributed by atoms with van der Waals surface area (Å²) in [6.07, 6.45) is 1.66. The van der Waals surface area contributed by atoms with Crippen molar-refractivity contribution in [2.75, 3.05) is 0 Å². The first-order chi connectivity index (χ1) is 9.37. The summed E-state index contributed by atoms with van der Waals surface area (Å²) in [5, 5.41) is 4.14. The average molecular weight is 384 g/mol. The number of rotatable bonds is 2. The topological polar surface area (TPSA) is 58.5 Å². The molecular formula is C15H17IN2O2. The van der Waals surface area contributed by atoms with Crippen LogP contribution in [0.3, 0.4) is 0 Å². The number of Topliss-reactive ketones (excluding diaryl/α,β-unsaturated/α-hetero) is 1. The number of benzene rings is 1. The van der Waals surface area contributed by atoms with Crippen LogP contribution in [0.1, 0.15) is 43.5 Å². The number of carbonyl (C=O) groups excluding carboxylic acids is 2. The fourth-order valence-electron chi connectivity index (χ4n) is 2.42. The molecule has 1 amide bonds. The predicted octanol–water partition coefficient (Wildman–Crippen LogP) is 3.16. The predicted molar refractivity (Wildman–Crippen MR) is 86.7 cm³/mol. The van der Waals surface area contributed by atoms with E-state index in [2.05, 4.69) is 33.1 Å². The molecule has 1 N–H and O–H groups in total. The largest absolute Gasteiger partial charge is 0.299 e. The first kappa shape index (κ1) is 15.2. The monoisotopic (exact) mass is 384 g/mol.